The second-order valence-corrected chi connectivity index (χ2v) is 4.20. The van der Waals surface area contributed by atoms with Crippen LogP contribution in [0.4, 0.5) is 5.13 Å². The molecule has 78 valence electrons. The summed E-state index contributed by atoms with van der Waals surface area (Å²) >= 11 is 1.45. The van der Waals surface area contributed by atoms with Crippen LogP contribution in [0.1, 0.15) is 31.5 Å². The van der Waals surface area contributed by atoms with E-state index in [0.29, 0.717) is 5.92 Å². The lowest BCUT2D eigenvalue weighted by Crippen LogP contribution is -2.02. The molecule has 0 saturated carbocycles. The maximum absolute atomic E-state index is 5.31. The molecule has 1 fully saturated rings. The normalized spacial score (nSPS) is 21.4. The Hall–Kier alpha value is -0.680. The van der Waals surface area contributed by atoms with E-state index >= 15 is 0 Å². The fourth-order valence-corrected chi connectivity index (χ4v) is 2.11. The van der Waals surface area contributed by atoms with Gasteiger partial charge in [-0.3, -0.25) is 0 Å². The molecule has 4 nitrogen and oxygen atoms in total. The molecule has 0 spiro atoms. The van der Waals surface area contributed by atoms with Gasteiger partial charge in [0.05, 0.1) is 6.61 Å². The fraction of sp³-hybridized carbons (Fsp3) is 0.778. The van der Waals surface area contributed by atoms with E-state index in [1.807, 2.05) is 0 Å². The molecule has 1 aliphatic heterocycles. The number of hydrogen-bond acceptors (Lipinski definition) is 5. The minimum Gasteiger partial charge on any atom is -0.381 e. The van der Waals surface area contributed by atoms with Gasteiger partial charge in [0.2, 0.25) is 5.13 Å². The number of ether oxygens (including phenoxy) is 1. The number of rotatable bonds is 4. The Morgan fingerprint density at radius 3 is 3.29 bits per heavy atom. The Labute approximate surface area is 87.9 Å². The molecule has 1 aromatic rings. The highest BCUT2D eigenvalue weighted by Crippen LogP contribution is 2.25. The van der Waals surface area contributed by atoms with Gasteiger partial charge >= 0.3 is 0 Å². The quantitative estimate of drug-likeness (QED) is 0.829. The lowest BCUT2D eigenvalue weighted by molar-refractivity contribution is 0.193. The average Bonchev–Trinajstić information content (AvgIpc) is 2.85. The summed E-state index contributed by atoms with van der Waals surface area (Å²) in [6, 6.07) is 0. The van der Waals surface area contributed by atoms with Gasteiger partial charge in [-0.1, -0.05) is 6.92 Å². The van der Waals surface area contributed by atoms with Crippen LogP contribution in [-0.2, 0) is 4.74 Å². The van der Waals surface area contributed by atoms with Crippen molar-refractivity contribution >= 4 is 16.7 Å². The van der Waals surface area contributed by atoms with Gasteiger partial charge in [-0.25, -0.2) is 4.98 Å². The minimum absolute atomic E-state index is 0.420. The van der Waals surface area contributed by atoms with E-state index in [0.717, 1.165) is 43.6 Å². The monoisotopic (exact) mass is 213 g/mol. The summed E-state index contributed by atoms with van der Waals surface area (Å²) in [5.74, 6) is 1.37. The van der Waals surface area contributed by atoms with Crippen molar-refractivity contribution < 1.29 is 4.74 Å². The first-order chi connectivity index (χ1) is 6.90. The summed E-state index contributed by atoms with van der Waals surface area (Å²) in [6.07, 6.45) is 2.17. The fourth-order valence-electron chi connectivity index (χ4n) is 1.44. The highest BCUT2D eigenvalue weighted by molar-refractivity contribution is 7.09. The Kier molecular flexibility index (Phi) is 3.31. The number of anilines is 1. The smallest absolute Gasteiger partial charge is 0.202 e. The van der Waals surface area contributed by atoms with E-state index in [2.05, 4.69) is 21.6 Å². The summed E-state index contributed by atoms with van der Waals surface area (Å²) in [7, 11) is 0. The summed E-state index contributed by atoms with van der Waals surface area (Å²) < 4.78 is 9.65. The first kappa shape index (κ1) is 9.86. The van der Waals surface area contributed by atoms with Gasteiger partial charge in [-0.05, 0) is 12.8 Å². The van der Waals surface area contributed by atoms with Crippen LogP contribution in [0.2, 0.25) is 0 Å². The van der Waals surface area contributed by atoms with Gasteiger partial charge in [0, 0.05) is 30.6 Å². The van der Waals surface area contributed by atoms with Gasteiger partial charge in [-0.2, -0.15) is 4.37 Å². The van der Waals surface area contributed by atoms with Crippen LogP contribution in [0.3, 0.4) is 0 Å². The van der Waals surface area contributed by atoms with Crippen molar-refractivity contribution in [1.29, 1.82) is 0 Å². The van der Waals surface area contributed by atoms with Crippen molar-refractivity contribution in [2.45, 2.75) is 25.7 Å². The third-order valence-electron chi connectivity index (χ3n) is 2.26. The standard InChI is InChI=1S/C9H15N3OS/c1-2-4-10-9-11-8(12-14-9)7-3-5-13-6-7/h7H,2-6H2,1H3,(H,10,11,12). The highest BCUT2D eigenvalue weighted by Gasteiger charge is 2.21. The second-order valence-electron chi connectivity index (χ2n) is 3.45. The van der Waals surface area contributed by atoms with Crippen LogP contribution in [0.5, 0.6) is 0 Å². The van der Waals surface area contributed by atoms with Gasteiger partial charge in [-0.15, -0.1) is 0 Å². The molecular formula is C9H15N3OS. The molecule has 2 heterocycles. The largest absolute Gasteiger partial charge is 0.381 e. The average molecular weight is 213 g/mol. The van der Waals surface area contributed by atoms with Crippen molar-refractivity contribution in [2.24, 2.45) is 0 Å². The Bertz CT molecular complexity index is 283. The van der Waals surface area contributed by atoms with Crippen LogP contribution >= 0.6 is 11.5 Å². The molecule has 14 heavy (non-hydrogen) atoms. The molecule has 1 unspecified atom stereocenters. The van der Waals surface area contributed by atoms with Crippen LogP contribution in [-0.4, -0.2) is 29.1 Å². The van der Waals surface area contributed by atoms with E-state index in [9.17, 15) is 0 Å². The predicted molar refractivity (Wildman–Crippen MR) is 56.9 cm³/mol. The molecule has 1 saturated heterocycles. The maximum Gasteiger partial charge on any atom is 0.202 e. The molecule has 1 N–H and O–H groups in total. The van der Waals surface area contributed by atoms with Crippen molar-refractivity contribution in [3.8, 4) is 0 Å². The molecule has 0 radical (unpaired) electrons. The molecule has 0 bridgehead atoms. The van der Waals surface area contributed by atoms with Crippen LogP contribution in [0.15, 0.2) is 0 Å². The van der Waals surface area contributed by atoms with Crippen LogP contribution in [0.25, 0.3) is 0 Å². The molecule has 1 aliphatic rings. The summed E-state index contributed by atoms with van der Waals surface area (Å²) in [6.45, 7) is 4.74. The molecule has 0 amide bonds. The van der Waals surface area contributed by atoms with Crippen molar-refractivity contribution in [3.05, 3.63) is 5.82 Å². The molecule has 2 rings (SSSR count). The van der Waals surface area contributed by atoms with Gasteiger partial charge in [0.1, 0.15) is 5.82 Å². The van der Waals surface area contributed by atoms with Crippen molar-refractivity contribution in [2.75, 3.05) is 25.1 Å². The van der Waals surface area contributed by atoms with Gasteiger partial charge < -0.3 is 10.1 Å². The van der Waals surface area contributed by atoms with E-state index < -0.39 is 0 Å². The highest BCUT2D eigenvalue weighted by atomic mass is 32.1. The first-order valence-corrected chi connectivity index (χ1v) is 5.82. The van der Waals surface area contributed by atoms with Crippen LogP contribution in [0, 0.1) is 0 Å². The molecular weight excluding hydrogens is 198 g/mol. The summed E-state index contributed by atoms with van der Waals surface area (Å²) in [5, 5.41) is 4.18. The number of hydrogen-bond donors (Lipinski definition) is 1. The predicted octanol–water partition coefficient (Wildman–Crippen LogP) is 1.86. The summed E-state index contributed by atoms with van der Waals surface area (Å²) in [5.41, 5.74) is 0. The van der Waals surface area contributed by atoms with Gasteiger partial charge in [0.25, 0.3) is 0 Å². The number of nitrogens with zero attached hydrogens (tertiary/aromatic N) is 2. The lowest BCUT2D eigenvalue weighted by atomic mass is 10.1. The third kappa shape index (κ3) is 2.22. The van der Waals surface area contributed by atoms with Gasteiger partial charge in [0.15, 0.2) is 0 Å². The zero-order valence-electron chi connectivity index (χ0n) is 8.32. The molecule has 5 heteroatoms. The van der Waals surface area contributed by atoms with E-state index in [1.165, 1.54) is 11.5 Å². The maximum atomic E-state index is 5.31. The van der Waals surface area contributed by atoms with E-state index in [1.54, 1.807) is 0 Å². The topological polar surface area (TPSA) is 47.0 Å². The molecule has 0 aliphatic carbocycles. The zero-order chi connectivity index (χ0) is 9.80. The van der Waals surface area contributed by atoms with Crippen molar-refractivity contribution in [3.63, 3.8) is 0 Å². The second kappa shape index (κ2) is 4.70. The summed E-state index contributed by atoms with van der Waals surface area (Å²) in [4.78, 5) is 4.45. The lowest BCUT2D eigenvalue weighted by Gasteiger charge is -2.00. The zero-order valence-corrected chi connectivity index (χ0v) is 9.14. The number of aromatic nitrogens is 2. The van der Waals surface area contributed by atoms with Crippen molar-refractivity contribution in [1.82, 2.24) is 9.36 Å². The molecule has 1 atom stereocenters. The van der Waals surface area contributed by atoms with E-state index in [-0.39, 0.29) is 0 Å². The number of nitrogens with one attached hydrogen (secondary N) is 1. The third-order valence-corrected chi connectivity index (χ3v) is 2.95. The Balaban J connectivity index is 1.94. The SMILES string of the molecule is CCCNc1nc(C2CCOC2)ns1. The molecule has 0 aromatic carbocycles. The first-order valence-electron chi connectivity index (χ1n) is 5.05. The Morgan fingerprint density at radius 1 is 1.64 bits per heavy atom. The van der Waals surface area contributed by atoms with E-state index in [4.69, 9.17) is 4.74 Å². The molecule has 1 aromatic heterocycles. The van der Waals surface area contributed by atoms with Crippen LogP contribution < -0.4 is 5.32 Å². The Morgan fingerprint density at radius 2 is 2.57 bits per heavy atom. The minimum atomic E-state index is 0.420.